The molecule has 0 saturated carbocycles. The molecule has 0 aliphatic rings. The van der Waals surface area contributed by atoms with Crippen LogP contribution in [-0.4, -0.2) is 15.9 Å². The van der Waals surface area contributed by atoms with E-state index in [2.05, 4.69) is 11.9 Å². The number of hydrogen-bond acceptors (Lipinski definition) is 3. The predicted molar refractivity (Wildman–Crippen MR) is 65.2 cm³/mol. The van der Waals surface area contributed by atoms with Gasteiger partial charge < -0.3 is 5.11 Å². The van der Waals surface area contributed by atoms with Crippen molar-refractivity contribution in [3.63, 3.8) is 0 Å². The molecule has 0 atom stereocenters. The molecule has 0 radical (unpaired) electrons. The molecule has 2 rings (SSSR count). The first-order chi connectivity index (χ1) is 8.22. The van der Waals surface area contributed by atoms with Crippen LogP contribution in [0.15, 0.2) is 42.7 Å². The Labute approximate surface area is 99.8 Å². The van der Waals surface area contributed by atoms with Gasteiger partial charge in [-0.1, -0.05) is 31.2 Å². The first-order valence-corrected chi connectivity index (χ1v) is 5.49. The lowest BCUT2D eigenvalue weighted by molar-refractivity contribution is 0.103. The maximum atomic E-state index is 12.1. The van der Waals surface area contributed by atoms with Crippen LogP contribution in [0.4, 0.5) is 0 Å². The molecule has 1 aromatic heterocycles. The second-order valence-corrected chi connectivity index (χ2v) is 3.77. The standard InChI is InChI=1S/C14H13NO2/c1-2-10-3-5-11(6-4-10)14(17)12-7-8-15-9-13(12)16/h3-9,16H,2H2,1H3. The molecule has 0 aliphatic carbocycles. The Bertz CT molecular complexity index is 532. The third-order valence-electron chi connectivity index (χ3n) is 2.67. The van der Waals surface area contributed by atoms with E-state index in [1.165, 1.54) is 24.0 Å². The Morgan fingerprint density at radius 3 is 2.53 bits per heavy atom. The van der Waals surface area contributed by atoms with Crippen molar-refractivity contribution in [2.75, 3.05) is 0 Å². The lowest BCUT2D eigenvalue weighted by Gasteiger charge is -2.04. The van der Waals surface area contributed by atoms with E-state index < -0.39 is 0 Å². The summed E-state index contributed by atoms with van der Waals surface area (Å²) in [6.07, 6.45) is 3.70. The molecule has 0 bridgehead atoms. The van der Waals surface area contributed by atoms with Crippen molar-refractivity contribution in [2.45, 2.75) is 13.3 Å². The minimum Gasteiger partial charge on any atom is -0.506 e. The highest BCUT2D eigenvalue weighted by Gasteiger charge is 2.12. The average molecular weight is 227 g/mol. The SMILES string of the molecule is CCc1ccc(C(=O)c2ccncc2O)cc1. The fourth-order valence-electron chi connectivity index (χ4n) is 1.63. The van der Waals surface area contributed by atoms with E-state index in [9.17, 15) is 9.90 Å². The maximum absolute atomic E-state index is 12.1. The van der Waals surface area contributed by atoms with Crippen molar-refractivity contribution in [3.8, 4) is 5.75 Å². The first kappa shape index (κ1) is 11.3. The molecule has 1 N–H and O–H groups in total. The Kier molecular flexibility index (Phi) is 3.19. The van der Waals surface area contributed by atoms with Gasteiger partial charge >= 0.3 is 0 Å². The van der Waals surface area contributed by atoms with Crippen LogP contribution in [0, 0.1) is 0 Å². The number of hydrogen-bond donors (Lipinski definition) is 1. The fraction of sp³-hybridized carbons (Fsp3) is 0.143. The zero-order valence-electron chi connectivity index (χ0n) is 9.55. The van der Waals surface area contributed by atoms with Crippen LogP contribution in [0.2, 0.25) is 0 Å². The zero-order valence-corrected chi connectivity index (χ0v) is 9.55. The first-order valence-electron chi connectivity index (χ1n) is 5.49. The van der Waals surface area contributed by atoms with E-state index in [0.717, 1.165) is 6.42 Å². The Morgan fingerprint density at radius 1 is 1.24 bits per heavy atom. The number of aryl methyl sites for hydroxylation is 1. The number of carbonyl (C=O) groups excluding carboxylic acids is 1. The number of carbonyl (C=O) groups is 1. The molecular formula is C14H13NO2. The third-order valence-corrected chi connectivity index (χ3v) is 2.67. The minimum atomic E-state index is -0.187. The normalized spacial score (nSPS) is 10.2. The predicted octanol–water partition coefficient (Wildman–Crippen LogP) is 2.58. The summed E-state index contributed by atoms with van der Waals surface area (Å²) in [5.74, 6) is -0.273. The van der Waals surface area contributed by atoms with Gasteiger partial charge in [0, 0.05) is 11.8 Å². The van der Waals surface area contributed by atoms with Crippen LogP contribution in [0.3, 0.4) is 0 Å². The monoisotopic (exact) mass is 227 g/mol. The van der Waals surface area contributed by atoms with Crippen molar-refractivity contribution < 1.29 is 9.90 Å². The van der Waals surface area contributed by atoms with Crippen molar-refractivity contribution in [1.82, 2.24) is 4.98 Å². The smallest absolute Gasteiger partial charge is 0.196 e. The highest BCUT2D eigenvalue weighted by atomic mass is 16.3. The molecule has 3 heteroatoms. The van der Waals surface area contributed by atoms with Gasteiger partial charge in [0.25, 0.3) is 0 Å². The lowest BCUT2D eigenvalue weighted by Crippen LogP contribution is -2.02. The molecule has 0 fully saturated rings. The Morgan fingerprint density at radius 2 is 1.94 bits per heavy atom. The zero-order chi connectivity index (χ0) is 12.3. The number of aromatic nitrogens is 1. The van der Waals surface area contributed by atoms with Gasteiger partial charge in [-0.3, -0.25) is 9.78 Å². The second kappa shape index (κ2) is 4.78. The van der Waals surface area contributed by atoms with Crippen molar-refractivity contribution in [3.05, 3.63) is 59.4 Å². The molecule has 0 unspecified atom stereocenters. The van der Waals surface area contributed by atoms with Crippen LogP contribution in [0.5, 0.6) is 5.75 Å². The van der Waals surface area contributed by atoms with Gasteiger partial charge in [0.2, 0.25) is 0 Å². The van der Waals surface area contributed by atoms with Crippen molar-refractivity contribution in [1.29, 1.82) is 0 Å². The summed E-state index contributed by atoms with van der Waals surface area (Å²) in [5, 5.41) is 9.56. The number of rotatable bonds is 3. The summed E-state index contributed by atoms with van der Waals surface area (Å²) in [7, 11) is 0. The van der Waals surface area contributed by atoms with E-state index in [1.54, 1.807) is 12.1 Å². The topological polar surface area (TPSA) is 50.2 Å². The van der Waals surface area contributed by atoms with Gasteiger partial charge in [-0.15, -0.1) is 0 Å². The average Bonchev–Trinajstić information content (AvgIpc) is 2.39. The minimum absolute atomic E-state index is 0.0860. The van der Waals surface area contributed by atoms with Gasteiger partial charge in [0.05, 0.1) is 11.8 Å². The molecule has 1 heterocycles. The summed E-state index contributed by atoms with van der Waals surface area (Å²) >= 11 is 0. The summed E-state index contributed by atoms with van der Waals surface area (Å²) < 4.78 is 0. The Hall–Kier alpha value is -2.16. The molecule has 0 amide bonds. The number of benzene rings is 1. The van der Waals surface area contributed by atoms with E-state index in [-0.39, 0.29) is 17.1 Å². The molecule has 0 spiro atoms. The molecule has 0 saturated heterocycles. The van der Waals surface area contributed by atoms with Gasteiger partial charge in [0.1, 0.15) is 5.75 Å². The second-order valence-electron chi connectivity index (χ2n) is 3.77. The van der Waals surface area contributed by atoms with E-state index >= 15 is 0 Å². The fourth-order valence-corrected chi connectivity index (χ4v) is 1.63. The van der Waals surface area contributed by atoms with Gasteiger partial charge in [-0.05, 0) is 18.1 Å². The van der Waals surface area contributed by atoms with E-state index in [1.807, 2.05) is 12.1 Å². The third kappa shape index (κ3) is 2.33. The molecule has 0 aliphatic heterocycles. The summed E-state index contributed by atoms with van der Waals surface area (Å²) in [4.78, 5) is 15.8. The van der Waals surface area contributed by atoms with Crippen LogP contribution in [0.1, 0.15) is 28.4 Å². The maximum Gasteiger partial charge on any atom is 0.196 e. The quantitative estimate of drug-likeness (QED) is 0.820. The summed E-state index contributed by atoms with van der Waals surface area (Å²) in [6, 6.07) is 8.92. The largest absolute Gasteiger partial charge is 0.506 e. The summed E-state index contributed by atoms with van der Waals surface area (Å²) in [5.41, 5.74) is 2.04. The van der Waals surface area contributed by atoms with Crippen molar-refractivity contribution in [2.24, 2.45) is 0 Å². The number of pyridine rings is 1. The van der Waals surface area contributed by atoms with E-state index in [0.29, 0.717) is 5.56 Å². The van der Waals surface area contributed by atoms with Crippen LogP contribution < -0.4 is 0 Å². The van der Waals surface area contributed by atoms with Gasteiger partial charge in [-0.2, -0.15) is 0 Å². The number of aromatic hydroxyl groups is 1. The van der Waals surface area contributed by atoms with Crippen LogP contribution in [-0.2, 0) is 6.42 Å². The van der Waals surface area contributed by atoms with Crippen LogP contribution >= 0.6 is 0 Å². The molecule has 3 nitrogen and oxygen atoms in total. The highest BCUT2D eigenvalue weighted by Crippen LogP contribution is 2.18. The molecule has 17 heavy (non-hydrogen) atoms. The molecule has 1 aromatic carbocycles. The molecule has 2 aromatic rings. The number of ketones is 1. The van der Waals surface area contributed by atoms with Crippen LogP contribution in [0.25, 0.3) is 0 Å². The Balaban J connectivity index is 2.34. The van der Waals surface area contributed by atoms with E-state index in [4.69, 9.17) is 0 Å². The van der Waals surface area contributed by atoms with Gasteiger partial charge in [0.15, 0.2) is 5.78 Å². The summed E-state index contributed by atoms with van der Waals surface area (Å²) in [6.45, 7) is 2.06. The molecule has 86 valence electrons. The number of nitrogens with zero attached hydrogens (tertiary/aromatic N) is 1. The van der Waals surface area contributed by atoms with Gasteiger partial charge in [-0.25, -0.2) is 0 Å². The lowest BCUT2D eigenvalue weighted by atomic mass is 10.0. The molecular weight excluding hydrogens is 214 g/mol. The van der Waals surface area contributed by atoms with Crippen molar-refractivity contribution >= 4 is 5.78 Å². The highest BCUT2D eigenvalue weighted by molar-refractivity contribution is 6.10.